The normalized spacial score (nSPS) is 17.8. The van der Waals surface area contributed by atoms with Crippen LogP contribution in [0.5, 0.6) is 0 Å². The number of allylic oxidation sites excluding steroid dienone is 1. The van der Waals surface area contributed by atoms with Crippen molar-refractivity contribution in [2.24, 2.45) is 4.99 Å². The molecule has 2 aromatic carbocycles. The molecule has 1 fully saturated rings. The number of nitrogens with zero attached hydrogens (tertiary/aromatic N) is 5. The molecular weight excluding hydrogens is 469 g/mol. The van der Waals surface area contributed by atoms with E-state index < -0.39 is 0 Å². The van der Waals surface area contributed by atoms with Crippen molar-refractivity contribution in [3.8, 4) is 5.82 Å². The molecule has 2 aliphatic heterocycles. The quantitative estimate of drug-likeness (QED) is 0.238. The van der Waals surface area contributed by atoms with Gasteiger partial charge < -0.3 is 10.5 Å². The minimum Gasteiger partial charge on any atom is -0.399 e. The van der Waals surface area contributed by atoms with E-state index in [4.69, 9.17) is 10.7 Å². The van der Waals surface area contributed by atoms with Gasteiger partial charge in [-0.15, -0.1) is 9.90 Å². The molecular formula is C30H30BN7+. The highest BCUT2D eigenvalue weighted by Crippen LogP contribution is 2.37. The Morgan fingerprint density at radius 1 is 1.05 bits per heavy atom. The van der Waals surface area contributed by atoms with E-state index in [1.165, 1.54) is 36.8 Å². The fraction of sp³-hybridized carbons (Fsp3) is 0.233. The smallest absolute Gasteiger partial charge is 0.399 e. The monoisotopic (exact) mass is 499 g/mol. The Balaban J connectivity index is 1.30. The van der Waals surface area contributed by atoms with Crippen molar-refractivity contribution >= 4 is 24.6 Å². The maximum absolute atomic E-state index is 6.04. The lowest BCUT2D eigenvalue weighted by atomic mass is 9.92. The molecule has 187 valence electrons. The maximum atomic E-state index is 6.04. The number of nitrogens with two attached hydrogens (primary N) is 1. The highest BCUT2D eigenvalue weighted by atomic mass is 15.5. The van der Waals surface area contributed by atoms with Crippen LogP contribution in [0.15, 0.2) is 89.7 Å². The molecule has 0 saturated heterocycles. The number of aromatic nitrogens is 4. The Morgan fingerprint density at radius 2 is 1.87 bits per heavy atom. The fourth-order valence-corrected chi connectivity index (χ4v) is 5.83. The van der Waals surface area contributed by atoms with E-state index in [-0.39, 0.29) is 0 Å². The van der Waals surface area contributed by atoms with Crippen LogP contribution in [-0.4, -0.2) is 33.0 Å². The summed E-state index contributed by atoms with van der Waals surface area (Å²) in [7, 11) is 2.14. The second-order valence-electron chi connectivity index (χ2n) is 10.4. The van der Waals surface area contributed by atoms with Gasteiger partial charge in [-0.1, -0.05) is 49.2 Å². The number of benzene rings is 2. The van der Waals surface area contributed by atoms with Crippen LogP contribution in [0.3, 0.4) is 0 Å². The minimum atomic E-state index is 0.548. The third kappa shape index (κ3) is 3.88. The number of nitrogens with one attached hydrogen (secondary N) is 1. The van der Waals surface area contributed by atoms with E-state index in [2.05, 4.69) is 101 Å². The Bertz CT molecular complexity index is 1600. The van der Waals surface area contributed by atoms with Crippen LogP contribution in [0.25, 0.3) is 11.4 Å². The molecule has 0 unspecified atom stereocenters. The van der Waals surface area contributed by atoms with Crippen LogP contribution in [-0.2, 0) is 6.54 Å². The Labute approximate surface area is 223 Å². The summed E-state index contributed by atoms with van der Waals surface area (Å²) in [5, 5.41) is 7.93. The Morgan fingerprint density at radius 3 is 2.68 bits per heavy atom. The molecule has 7 nitrogen and oxygen atoms in total. The zero-order valence-corrected chi connectivity index (χ0v) is 21.5. The topological polar surface area (TPSA) is 79.1 Å². The number of aliphatic imine (C=N–C) groups is 1. The van der Waals surface area contributed by atoms with Crippen molar-refractivity contribution in [1.82, 2.24) is 19.6 Å². The predicted molar refractivity (Wildman–Crippen MR) is 151 cm³/mol. The highest BCUT2D eigenvalue weighted by Gasteiger charge is 2.37. The van der Waals surface area contributed by atoms with Gasteiger partial charge in [0.2, 0.25) is 5.82 Å². The molecule has 3 N–H and O–H groups in total. The Hall–Kier alpha value is -4.33. The molecule has 1 saturated carbocycles. The number of aryl methyl sites for hydroxylation is 1. The summed E-state index contributed by atoms with van der Waals surface area (Å²) in [6.07, 6.45) is 11.4. The summed E-state index contributed by atoms with van der Waals surface area (Å²) in [6, 6.07) is 20.9. The molecule has 1 radical (unpaired) electrons. The van der Waals surface area contributed by atoms with Crippen molar-refractivity contribution < 1.29 is 4.68 Å². The molecule has 0 amide bonds. The zero-order valence-electron chi connectivity index (χ0n) is 21.5. The van der Waals surface area contributed by atoms with Crippen molar-refractivity contribution in [2.75, 3.05) is 5.73 Å². The molecule has 0 bridgehead atoms. The summed E-state index contributed by atoms with van der Waals surface area (Å²) in [5.41, 5.74) is 14.9. The van der Waals surface area contributed by atoms with Crippen molar-refractivity contribution in [3.05, 3.63) is 113 Å². The van der Waals surface area contributed by atoms with E-state index in [0.717, 1.165) is 45.6 Å². The van der Waals surface area contributed by atoms with Gasteiger partial charge in [0.15, 0.2) is 5.69 Å². The highest BCUT2D eigenvalue weighted by molar-refractivity contribution is 6.41. The SMILES string of the molecule is Cc1ccccc1CN=C1C=CC2=C(c3ccc(N)cc3)c3ccc(-[n+]4cc(C5CCCC5)n[nH]4)n3[B]N12. The van der Waals surface area contributed by atoms with Gasteiger partial charge in [-0.3, -0.25) is 9.47 Å². The van der Waals surface area contributed by atoms with E-state index >= 15 is 0 Å². The van der Waals surface area contributed by atoms with Crippen LogP contribution in [0.4, 0.5) is 5.69 Å². The van der Waals surface area contributed by atoms with Crippen LogP contribution >= 0.6 is 0 Å². The number of hydrogen-bond donors (Lipinski definition) is 2. The number of rotatable bonds is 5. The number of nitrogen functional groups attached to an aromatic ring is 1. The summed E-state index contributed by atoms with van der Waals surface area (Å²) in [5.74, 6) is 2.48. The minimum absolute atomic E-state index is 0.548. The average molecular weight is 499 g/mol. The average Bonchev–Trinajstić information content (AvgIpc) is 3.74. The molecule has 2 aromatic heterocycles. The molecule has 1 aliphatic carbocycles. The molecule has 4 aromatic rings. The van der Waals surface area contributed by atoms with Gasteiger partial charge in [0.05, 0.1) is 12.2 Å². The summed E-state index contributed by atoms with van der Waals surface area (Å²) < 4.78 is 4.26. The number of amidine groups is 1. The number of anilines is 1. The second-order valence-corrected chi connectivity index (χ2v) is 10.4. The van der Waals surface area contributed by atoms with E-state index in [0.29, 0.717) is 12.5 Å². The first kappa shape index (κ1) is 22.8. The number of aromatic amines is 1. The van der Waals surface area contributed by atoms with Gasteiger partial charge in [-0.05, 0) is 71.9 Å². The van der Waals surface area contributed by atoms with Crippen LogP contribution in [0, 0.1) is 6.92 Å². The summed E-state index contributed by atoms with van der Waals surface area (Å²) in [4.78, 5) is 7.22. The van der Waals surface area contributed by atoms with Crippen molar-refractivity contribution in [3.63, 3.8) is 0 Å². The molecule has 0 spiro atoms. The summed E-state index contributed by atoms with van der Waals surface area (Å²) >= 11 is 0. The standard InChI is InChI=1S/C30H29BN7/c1-20-6-2-3-9-23(20)18-33-28-16-14-26-30(22-10-12-24(32)13-11-22)27-15-17-29(38(27)31-37(26)28)36-19-25(34-35-36)21-7-4-5-8-21/h2-3,6,9-17,19,21H,4-5,7-8,18H2,1H3,(H2,32,33)/p+1. The largest absolute Gasteiger partial charge is 0.503 e. The maximum Gasteiger partial charge on any atom is 0.503 e. The Kier molecular flexibility index (Phi) is 5.53. The van der Waals surface area contributed by atoms with E-state index in [9.17, 15) is 0 Å². The number of hydrogen-bond acceptors (Lipinski definition) is 3. The first-order chi connectivity index (χ1) is 18.7. The molecule has 4 heterocycles. The first-order valence-electron chi connectivity index (χ1n) is 13.4. The lowest BCUT2D eigenvalue weighted by Gasteiger charge is -2.28. The number of H-pyrrole nitrogens is 1. The molecule has 0 atom stereocenters. The van der Waals surface area contributed by atoms with E-state index in [1.807, 2.05) is 16.8 Å². The number of fused-ring (bicyclic) bond motifs is 2. The fourth-order valence-electron chi connectivity index (χ4n) is 5.83. The zero-order chi connectivity index (χ0) is 25.6. The third-order valence-electron chi connectivity index (χ3n) is 7.98. The van der Waals surface area contributed by atoms with Crippen LogP contribution in [0.1, 0.15) is 59.7 Å². The van der Waals surface area contributed by atoms with Gasteiger partial charge in [0, 0.05) is 28.9 Å². The predicted octanol–water partition coefficient (Wildman–Crippen LogP) is 4.66. The van der Waals surface area contributed by atoms with Crippen LogP contribution < -0.4 is 10.4 Å². The van der Waals surface area contributed by atoms with Gasteiger partial charge in [-0.2, -0.15) is 0 Å². The van der Waals surface area contributed by atoms with Gasteiger partial charge in [0.25, 0.3) is 0 Å². The first-order valence-corrected chi connectivity index (χ1v) is 13.4. The molecule has 38 heavy (non-hydrogen) atoms. The summed E-state index contributed by atoms with van der Waals surface area (Å²) in [6.45, 7) is 2.77. The van der Waals surface area contributed by atoms with Gasteiger partial charge in [0.1, 0.15) is 12.0 Å². The van der Waals surface area contributed by atoms with Crippen molar-refractivity contribution in [2.45, 2.75) is 45.1 Å². The van der Waals surface area contributed by atoms with E-state index in [1.54, 1.807) is 0 Å². The molecule has 7 rings (SSSR count). The lowest BCUT2D eigenvalue weighted by molar-refractivity contribution is -0.663. The van der Waals surface area contributed by atoms with Crippen LogP contribution in [0.2, 0.25) is 0 Å². The lowest BCUT2D eigenvalue weighted by Crippen LogP contribution is -2.43. The molecule has 8 heteroatoms. The third-order valence-corrected chi connectivity index (χ3v) is 7.98. The second kappa shape index (κ2) is 9.21. The van der Waals surface area contributed by atoms with Crippen molar-refractivity contribution in [1.29, 1.82) is 0 Å². The van der Waals surface area contributed by atoms with Gasteiger partial charge in [-0.25, -0.2) is 0 Å². The molecule has 3 aliphatic rings. The van der Waals surface area contributed by atoms with Gasteiger partial charge >= 0.3 is 7.55 Å².